The summed E-state index contributed by atoms with van der Waals surface area (Å²) in [5, 5.41) is 0. The van der Waals surface area contributed by atoms with E-state index in [2.05, 4.69) is 5.92 Å². The molecule has 1 aromatic heterocycles. The van der Waals surface area contributed by atoms with Gasteiger partial charge < -0.3 is 14.2 Å². The Balaban J connectivity index is 1.61. The summed E-state index contributed by atoms with van der Waals surface area (Å²) in [5.74, 6) is 0.569. The van der Waals surface area contributed by atoms with Gasteiger partial charge in [-0.05, 0) is 24.3 Å². The Morgan fingerprint density at radius 2 is 1.63 bits per heavy atom. The minimum absolute atomic E-state index is 0.166. The fourth-order valence-corrected chi connectivity index (χ4v) is 3.55. The van der Waals surface area contributed by atoms with Crippen LogP contribution < -0.4 is 11.2 Å². The van der Waals surface area contributed by atoms with Crippen molar-refractivity contribution in [2.45, 2.75) is 24.6 Å². The molecule has 4 atom stereocenters. The molecule has 0 amide bonds. The van der Waals surface area contributed by atoms with E-state index in [-0.39, 0.29) is 16.7 Å². The van der Waals surface area contributed by atoms with Crippen LogP contribution in [0.5, 0.6) is 0 Å². The maximum Gasteiger partial charge on any atom is 0.338 e. The van der Waals surface area contributed by atoms with Crippen molar-refractivity contribution in [1.29, 1.82) is 0 Å². The van der Waals surface area contributed by atoms with Crippen molar-refractivity contribution in [2.24, 2.45) is 0 Å². The number of nitrogens with one attached hydrogen (secondary N) is 1. The Morgan fingerprint density at radius 3 is 2.23 bits per heavy atom. The lowest BCUT2D eigenvalue weighted by Crippen LogP contribution is -2.39. The van der Waals surface area contributed by atoms with Gasteiger partial charge in [0.15, 0.2) is 18.5 Å². The van der Waals surface area contributed by atoms with Gasteiger partial charge in [0.05, 0.1) is 11.1 Å². The zero-order valence-electron chi connectivity index (χ0n) is 18.1. The third-order valence-corrected chi connectivity index (χ3v) is 5.31. The average Bonchev–Trinajstić information content (AvgIpc) is 3.18. The number of H-pyrrole nitrogens is 1. The smallest absolute Gasteiger partial charge is 0.338 e. The molecular formula is C25H19FN2O7. The van der Waals surface area contributed by atoms with Gasteiger partial charge in [-0.3, -0.25) is 14.3 Å². The number of aromatic amines is 1. The largest absolute Gasteiger partial charge is 0.459 e. The number of alkyl halides is 1. The van der Waals surface area contributed by atoms with Crippen LogP contribution in [0.4, 0.5) is 4.39 Å². The molecule has 1 N–H and O–H groups in total. The number of halogens is 1. The highest BCUT2D eigenvalue weighted by Crippen LogP contribution is 2.34. The van der Waals surface area contributed by atoms with Gasteiger partial charge in [-0.2, -0.15) is 0 Å². The summed E-state index contributed by atoms with van der Waals surface area (Å²) in [4.78, 5) is 51.1. The molecule has 2 heterocycles. The van der Waals surface area contributed by atoms with Gasteiger partial charge in [0.25, 0.3) is 5.56 Å². The van der Waals surface area contributed by atoms with Crippen molar-refractivity contribution in [3.63, 3.8) is 0 Å². The number of carbonyl (C=O) groups is 2. The molecule has 0 aliphatic carbocycles. The Morgan fingerprint density at radius 1 is 1.03 bits per heavy atom. The number of rotatable bonds is 6. The number of ether oxygens (including phenoxy) is 3. The first-order valence-corrected chi connectivity index (χ1v) is 10.5. The number of esters is 2. The minimum atomic E-state index is -2.06. The second-order valence-corrected chi connectivity index (χ2v) is 7.56. The van der Waals surface area contributed by atoms with Crippen molar-refractivity contribution in [3.8, 4) is 12.3 Å². The second-order valence-electron chi connectivity index (χ2n) is 7.56. The van der Waals surface area contributed by atoms with E-state index in [1.165, 1.54) is 24.3 Å². The molecule has 9 nitrogen and oxygen atoms in total. The van der Waals surface area contributed by atoms with Gasteiger partial charge in [0, 0.05) is 6.20 Å². The van der Waals surface area contributed by atoms with E-state index in [1.54, 1.807) is 36.4 Å². The molecule has 1 fully saturated rings. The number of hydrogen-bond donors (Lipinski definition) is 1. The number of nitrogens with zero attached hydrogens (tertiary/aromatic N) is 1. The topological polar surface area (TPSA) is 117 Å². The Labute approximate surface area is 198 Å². The lowest BCUT2D eigenvalue weighted by molar-refractivity contribution is -0.0592. The van der Waals surface area contributed by atoms with E-state index in [0.29, 0.717) is 0 Å². The number of hydrogen-bond acceptors (Lipinski definition) is 7. The first-order chi connectivity index (χ1) is 16.9. The normalized spacial score (nSPS) is 21.1. The molecule has 3 aromatic rings. The fraction of sp³-hybridized carbons (Fsp3) is 0.200. The Kier molecular flexibility index (Phi) is 6.89. The third kappa shape index (κ3) is 5.05. The van der Waals surface area contributed by atoms with Gasteiger partial charge >= 0.3 is 17.6 Å². The quantitative estimate of drug-likeness (QED) is 0.424. The highest BCUT2D eigenvalue weighted by molar-refractivity contribution is 5.90. The van der Waals surface area contributed by atoms with E-state index >= 15 is 4.39 Å². The monoisotopic (exact) mass is 478 g/mol. The van der Waals surface area contributed by atoms with Crippen molar-refractivity contribution >= 4 is 11.9 Å². The van der Waals surface area contributed by atoms with Crippen LogP contribution in [0.1, 0.15) is 32.5 Å². The number of aromatic nitrogens is 2. The molecule has 1 aliphatic heterocycles. The van der Waals surface area contributed by atoms with Crippen LogP contribution in [0.3, 0.4) is 0 Å². The van der Waals surface area contributed by atoms with Gasteiger partial charge in [-0.25, -0.2) is 18.8 Å². The van der Waals surface area contributed by atoms with Crippen LogP contribution in [0.15, 0.2) is 76.4 Å². The Bertz CT molecular complexity index is 1380. The summed E-state index contributed by atoms with van der Waals surface area (Å²) in [6, 6.07) is 16.0. The Hall–Kier alpha value is -4.49. The number of benzene rings is 2. The van der Waals surface area contributed by atoms with E-state index in [0.717, 1.165) is 10.8 Å². The first kappa shape index (κ1) is 23.7. The fourth-order valence-electron chi connectivity index (χ4n) is 3.55. The average molecular weight is 478 g/mol. The van der Waals surface area contributed by atoms with Crippen molar-refractivity contribution in [2.75, 3.05) is 6.61 Å². The molecule has 0 bridgehead atoms. The predicted molar refractivity (Wildman–Crippen MR) is 120 cm³/mol. The maximum atomic E-state index is 15.6. The zero-order valence-corrected chi connectivity index (χ0v) is 18.1. The molecule has 178 valence electrons. The van der Waals surface area contributed by atoms with Crippen LogP contribution >= 0.6 is 0 Å². The second kappa shape index (κ2) is 10.2. The molecule has 0 spiro atoms. The van der Waals surface area contributed by atoms with E-state index in [4.69, 9.17) is 20.6 Å². The summed E-state index contributed by atoms with van der Waals surface area (Å²) >= 11 is 0. The third-order valence-electron chi connectivity index (χ3n) is 5.31. The van der Waals surface area contributed by atoms with Gasteiger partial charge in [-0.1, -0.05) is 42.3 Å². The lowest BCUT2D eigenvalue weighted by Gasteiger charge is -2.19. The predicted octanol–water partition coefficient (Wildman–Crippen LogP) is 1.84. The molecular weight excluding hydrogens is 459 g/mol. The van der Waals surface area contributed by atoms with E-state index in [9.17, 15) is 19.2 Å². The van der Waals surface area contributed by atoms with Gasteiger partial charge in [0.2, 0.25) is 0 Å². The van der Waals surface area contributed by atoms with Crippen molar-refractivity contribution in [3.05, 3.63) is 104 Å². The molecule has 35 heavy (non-hydrogen) atoms. The summed E-state index contributed by atoms with van der Waals surface area (Å²) in [6.07, 6.45) is -0.211. The standard InChI is InChI=1S/C25H19FN2O7/c1-2-15-13-28(25(32)27-21(15)29)22-19(26)20(35-24(31)17-11-7-4-8-12-17)18(34-22)14-33-23(30)16-9-5-3-6-10-16/h1,3-13,18-20,22H,14H2,(H,27,29,32)/t18-,19-,20-,22-/m1/s1. The van der Waals surface area contributed by atoms with Crippen LogP contribution in [0, 0.1) is 12.3 Å². The maximum absolute atomic E-state index is 15.6. The minimum Gasteiger partial charge on any atom is -0.459 e. The molecule has 0 saturated carbocycles. The van der Waals surface area contributed by atoms with Crippen molar-refractivity contribution < 1.29 is 28.2 Å². The summed E-state index contributed by atoms with van der Waals surface area (Å²) in [7, 11) is 0. The summed E-state index contributed by atoms with van der Waals surface area (Å²) in [5.41, 5.74) is -1.59. The summed E-state index contributed by atoms with van der Waals surface area (Å²) < 4.78 is 32.6. The number of carbonyl (C=O) groups excluding carboxylic acids is 2. The van der Waals surface area contributed by atoms with Gasteiger partial charge in [0.1, 0.15) is 18.3 Å². The number of terminal acetylenes is 1. The SMILES string of the molecule is C#Cc1cn([C@@H]2O[C@H](COC(=O)c3ccccc3)[C@@H](OC(=O)c3ccccc3)[C@H]2F)c(=O)[nH]c1=O. The van der Waals surface area contributed by atoms with Crippen LogP contribution in [-0.4, -0.2) is 46.5 Å². The molecule has 0 radical (unpaired) electrons. The first-order valence-electron chi connectivity index (χ1n) is 10.5. The van der Waals surface area contributed by atoms with Crippen LogP contribution in [0.2, 0.25) is 0 Å². The lowest BCUT2D eigenvalue weighted by atomic mass is 10.1. The highest BCUT2D eigenvalue weighted by Gasteiger charge is 2.49. The highest BCUT2D eigenvalue weighted by atomic mass is 19.1. The van der Waals surface area contributed by atoms with Crippen molar-refractivity contribution in [1.82, 2.24) is 9.55 Å². The molecule has 0 unspecified atom stereocenters. The van der Waals surface area contributed by atoms with E-state index < -0.39 is 54.4 Å². The summed E-state index contributed by atoms with van der Waals surface area (Å²) in [6.45, 7) is -0.475. The van der Waals surface area contributed by atoms with E-state index in [1.807, 2.05) is 4.98 Å². The molecule has 1 aliphatic rings. The van der Waals surface area contributed by atoms with Crippen LogP contribution in [0.25, 0.3) is 0 Å². The molecule has 4 rings (SSSR count). The zero-order chi connectivity index (χ0) is 24.9. The van der Waals surface area contributed by atoms with Crippen LogP contribution in [-0.2, 0) is 14.2 Å². The molecule has 2 aromatic carbocycles. The molecule has 1 saturated heterocycles. The molecule has 10 heteroatoms. The van der Waals surface area contributed by atoms with Gasteiger partial charge in [-0.15, -0.1) is 6.42 Å².